The molecule has 0 spiro atoms. The van der Waals surface area contributed by atoms with Crippen LogP contribution in [0.5, 0.6) is 0 Å². The Hall–Kier alpha value is -2.11. The zero-order valence-corrected chi connectivity index (χ0v) is 12.3. The molecule has 20 heavy (non-hydrogen) atoms. The monoisotopic (exact) mass is 280 g/mol. The number of carbonyl (C=O) groups excluding carboxylic acids is 3. The van der Waals surface area contributed by atoms with E-state index in [1.54, 1.807) is 30.9 Å². The molecule has 0 aliphatic heterocycles. The van der Waals surface area contributed by atoms with Gasteiger partial charge in [0.2, 0.25) is 0 Å². The molecule has 1 rings (SSSR count). The van der Waals surface area contributed by atoms with Gasteiger partial charge in [0.1, 0.15) is 5.69 Å². The van der Waals surface area contributed by atoms with Crippen LogP contribution < -0.4 is 0 Å². The predicted molar refractivity (Wildman–Crippen MR) is 73.6 cm³/mol. The van der Waals surface area contributed by atoms with Gasteiger partial charge in [0.15, 0.2) is 5.78 Å². The van der Waals surface area contributed by atoms with Crippen molar-refractivity contribution < 1.29 is 19.1 Å². The van der Waals surface area contributed by atoms with E-state index in [9.17, 15) is 14.4 Å². The number of aryl methyl sites for hydroxylation is 1. The molecule has 0 aromatic carbocycles. The summed E-state index contributed by atoms with van der Waals surface area (Å²) in [7, 11) is 4.73. The van der Waals surface area contributed by atoms with Gasteiger partial charge in [-0.25, -0.2) is 0 Å². The number of carbonyl (C=O) groups is 3. The number of aromatic nitrogens is 1. The number of Topliss-reactive ketones (excluding diaryl/α,β-unsaturated/α-hetero) is 1. The molecule has 1 aromatic rings. The van der Waals surface area contributed by atoms with Crippen LogP contribution in [0, 0.1) is 0 Å². The second-order valence-electron chi connectivity index (χ2n) is 4.69. The lowest BCUT2D eigenvalue weighted by Crippen LogP contribution is -2.29. The van der Waals surface area contributed by atoms with Crippen molar-refractivity contribution in [3.8, 4) is 0 Å². The first kappa shape index (κ1) is 15.9. The Labute approximate surface area is 118 Å². The summed E-state index contributed by atoms with van der Waals surface area (Å²) < 4.78 is 6.18. The number of hydrogen-bond acceptors (Lipinski definition) is 4. The van der Waals surface area contributed by atoms with E-state index < -0.39 is 0 Å². The van der Waals surface area contributed by atoms with E-state index in [1.165, 1.54) is 18.9 Å². The van der Waals surface area contributed by atoms with Crippen LogP contribution in [0.4, 0.5) is 0 Å². The van der Waals surface area contributed by atoms with Crippen LogP contribution in [0.3, 0.4) is 0 Å². The lowest BCUT2D eigenvalue weighted by atomic mass is 10.2. The molecule has 0 aliphatic carbocycles. The largest absolute Gasteiger partial charge is 0.469 e. The van der Waals surface area contributed by atoms with Crippen molar-refractivity contribution in [1.29, 1.82) is 0 Å². The van der Waals surface area contributed by atoms with E-state index in [1.807, 2.05) is 0 Å². The molecular weight excluding hydrogens is 260 g/mol. The maximum absolute atomic E-state index is 12.2. The molecule has 0 aliphatic rings. The van der Waals surface area contributed by atoms with E-state index in [0.29, 0.717) is 24.2 Å². The fraction of sp³-hybridized carbons (Fsp3) is 0.500. The fourth-order valence-electron chi connectivity index (χ4n) is 1.83. The van der Waals surface area contributed by atoms with Crippen LogP contribution in [-0.2, 0) is 16.6 Å². The summed E-state index contributed by atoms with van der Waals surface area (Å²) in [4.78, 5) is 36.0. The van der Waals surface area contributed by atoms with Crippen molar-refractivity contribution in [2.75, 3.05) is 20.7 Å². The van der Waals surface area contributed by atoms with Crippen molar-refractivity contribution in [2.24, 2.45) is 7.05 Å². The number of ketones is 1. The maximum Gasteiger partial charge on any atom is 0.305 e. The summed E-state index contributed by atoms with van der Waals surface area (Å²) in [6.07, 6.45) is 2.46. The van der Waals surface area contributed by atoms with E-state index in [0.717, 1.165) is 0 Å². The van der Waals surface area contributed by atoms with Crippen molar-refractivity contribution in [1.82, 2.24) is 9.47 Å². The first-order chi connectivity index (χ1) is 9.36. The van der Waals surface area contributed by atoms with Gasteiger partial charge in [0, 0.05) is 38.8 Å². The highest BCUT2D eigenvalue weighted by molar-refractivity contribution is 5.99. The Bertz CT molecular complexity index is 519. The molecule has 0 saturated heterocycles. The maximum atomic E-state index is 12.2. The summed E-state index contributed by atoms with van der Waals surface area (Å²) in [5.41, 5.74) is 0.967. The first-order valence-corrected chi connectivity index (χ1v) is 6.36. The average molecular weight is 280 g/mol. The van der Waals surface area contributed by atoms with Gasteiger partial charge in [-0.3, -0.25) is 14.4 Å². The van der Waals surface area contributed by atoms with Crippen LogP contribution in [0.25, 0.3) is 0 Å². The minimum atomic E-state index is -0.288. The number of methoxy groups -OCH3 is 1. The van der Waals surface area contributed by atoms with Crippen molar-refractivity contribution in [2.45, 2.75) is 19.8 Å². The zero-order chi connectivity index (χ0) is 15.3. The lowest BCUT2D eigenvalue weighted by molar-refractivity contribution is -0.140. The van der Waals surface area contributed by atoms with Crippen LogP contribution in [0.2, 0.25) is 0 Å². The van der Waals surface area contributed by atoms with E-state index in [4.69, 9.17) is 0 Å². The number of esters is 1. The van der Waals surface area contributed by atoms with Gasteiger partial charge in [-0.2, -0.15) is 0 Å². The smallest absolute Gasteiger partial charge is 0.305 e. The van der Waals surface area contributed by atoms with Gasteiger partial charge in [-0.1, -0.05) is 0 Å². The standard InChI is InChI=1S/C14H20N2O4/c1-10(17)11-8-12(16(3)9-11)14(19)15(2)7-5-6-13(18)20-4/h8-9H,5-7H2,1-4H3. The molecule has 1 heterocycles. The van der Waals surface area contributed by atoms with Gasteiger partial charge in [-0.05, 0) is 19.4 Å². The van der Waals surface area contributed by atoms with Crippen LogP contribution >= 0.6 is 0 Å². The zero-order valence-electron chi connectivity index (χ0n) is 12.3. The summed E-state index contributed by atoms with van der Waals surface area (Å²) in [5.74, 6) is -0.540. The molecular formula is C14H20N2O4. The fourth-order valence-corrected chi connectivity index (χ4v) is 1.83. The van der Waals surface area contributed by atoms with Gasteiger partial charge in [0.05, 0.1) is 7.11 Å². The molecule has 0 N–H and O–H groups in total. The third-order valence-electron chi connectivity index (χ3n) is 3.08. The Morgan fingerprint density at radius 1 is 1.35 bits per heavy atom. The second-order valence-corrected chi connectivity index (χ2v) is 4.69. The van der Waals surface area contributed by atoms with Gasteiger partial charge < -0.3 is 14.2 Å². The Morgan fingerprint density at radius 3 is 2.50 bits per heavy atom. The van der Waals surface area contributed by atoms with Crippen LogP contribution in [0.1, 0.15) is 40.6 Å². The highest BCUT2D eigenvalue weighted by atomic mass is 16.5. The van der Waals surface area contributed by atoms with E-state index in [-0.39, 0.29) is 24.1 Å². The van der Waals surface area contributed by atoms with E-state index in [2.05, 4.69) is 4.74 Å². The number of rotatable bonds is 6. The SMILES string of the molecule is COC(=O)CCCN(C)C(=O)c1cc(C(C)=O)cn1C. The van der Waals surface area contributed by atoms with Gasteiger partial charge >= 0.3 is 5.97 Å². The predicted octanol–water partition coefficient (Wildman–Crippen LogP) is 1.25. The summed E-state index contributed by atoms with van der Waals surface area (Å²) in [6, 6.07) is 1.58. The average Bonchev–Trinajstić information content (AvgIpc) is 2.79. The highest BCUT2D eigenvalue weighted by Gasteiger charge is 2.17. The molecule has 110 valence electrons. The Balaban J connectivity index is 2.65. The molecule has 0 saturated carbocycles. The summed E-state index contributed by atoms with van der Waals surface area (Å²) in [6.45, 7) is 1.91. The molecule has 0 radical (unpaired) electrons. The summed E-state index contributed by atoms with van der Waals surface area (Å²) >= 11 is 0. The van der Waals surface area contributed by atoms with Gasteiger partial charge in [0.25, 0.3) is 5.91 Å². The van der Waals surface area contributed by atoms with Gasteiger partial charge in [-0.15, -0.1) is 0 Å². The summed E-state index contributed by atoms with van der Waals surface area (Å²) in [5, 5.41) is 0. The minimum absolute atomic E-state index is 0.0759. The normalized spacial score (nSPS) is 10.2. The quantitative estimate of drug-likeness (QED) is 0.581. The minimum Gasteiger partial charge on any atom is -0.469 e. The molecule has 1 amide bonds. The highest BCUT2D eigenvalue weighted by Crippen LogP contribution is 2.11. The number of hydrogen-bond donors (Lipinski definition) is 0. The number of nitrogens with zero attached hydrogens (tertiary/aromatic N) is 2. The molecule has 6 heteroatoms. The van der Waals surface area contributed by atoms with Crippen molar-refractivity contribution in [3.63, 3.8) is 0 Å². The molecule has 0 unspecified atom stereocenters. The van der Waals surface area contributed by atoms with E-state index >= 15 is 0 Å². The molecule has 1 aromatic heterocycles. The Morgan fingerprint density at radius 2 is 2.00 bits per heavy atom. The van der Waals surface area contributed by atoms with Crippen molar-refractivity contribution >= 4 is 17.7 Å². The van der Waals surface area contributed by atoms with Crippen LogP contribution in [-0.4, -0.2) is 47.8 Å². The third-order valence-corrected chi connectivity index (χ3v) is 3.08. The molecule has 6 nitrogen and oxygen atoms in total. The number of ether oxygens (including phenoxy) is 1. The third kappa shape index (κ3) is 3.94. The topological polar surface area (TPSA) is 68.6 Å². The second kappa shape index (κ2) is 6.88. The lowest BCUT2D eigenvalue weighted by Gasteiger charge is -2.17. The number of amides is 1. The Kier molecular flexibility index (Phi) is 5.49. The molecule has 0 atom stereocenters. The first-order valence-electron chi connectivity index (χ1n) is 6.36. The van der Waals surface area contributed by atoms with Crippen LogP contribution in [0.15, 0.2) is 12.3 Å². The molecule has 0 fully saturated rings. The molecule has 0 bridgehead atoms. The van der Waals surface area contributed by atoms with Crippen molar-refractivity contribution in [3.05, 3.63) is 23.5 Å².